The van der Waals surface area contributed by atoms with Gasteiger partial charge in [-0.2, -0.15) is 0 Å². The number of carbonyl (C=O) groups excluding carboxylic acids is 1. The lowest BCUT2D eigenvalue weighted by Crippen LogP contribution is -2.42. The molecule has 15 heavy (non-hydrogen) atoms. The fourth-order valence-corrected chi connectivity index (χ4v) is 2.12. The molecule has 0 spiro atoms. The summed E-state index contributed by atoms with van der Waals surface area (Å²) in [6, 6.07) is 0.229. The van der Waals surface area contributed by atoms with Crippen LogP contribution in [0.2, 0.25) is 0 Å². The van der Waals surface area contributed by atoms with Crippen LogP contribution in [0.15, 0.2) is 0 Å². The van der Waals surface area contributed by atoms with E-state index in [0.717, 1.165) is 31.9 Å². The summed E-state index contributed by atoms with van der Waals surface area (Å²) in [5.74, 6) is -0.243. The van der Waals surface area contributed by atoms with Gasteiger partial charge in [0.15, 0.2) is 0 Å². The van der Waals surface area contributed by atoms with Crippen molar-refractivity contribution in [2.45, 2.75) is 38.1 Å². The Morgan fingerprint density at radius 2 is 1.87 bits per heavy atom. The van der Waals surface area contributed by atoms with Gasteiger partial charge in [0.25, 0.3) is 0 Å². The standard InChI is InChI=1S/C9H18N2O3S/c1-15(13,14)10-7-9(12)11-8-5-3-2-4-6-8/h8,10H,2-7H2,1H3,(H,11,12). The molecule has 0 heterocycles. The van der Waals surface area contributed by atoms with E-state index in [1.165, 1.54) is 6.42 Å². The van der Waals surface area contributed by atoms with Gasteiger partial charge in [0.1, 0.15) is 0 Å². The van der Waals surface area contributed by atoms with Gasteiger partial charge in [-0.25, -0.2) is 13.1 Å². The van der Waals surface area contributed by atoms with E-state index >= 15 is 0 Å². The normalized spacial score (nSPS) is 18.7. The largest absolute Gasteiger partial charge is 0.352 e. The van der Waals surface area contributed by atoms with Crippen LogP contribution in [0.5, 0.6) is 0 Å². The Morgan fingerprint density at radius 3 is 2.40 bits per heavy atom. The summed E-state index contributed by atoms with van der Waals surface area (Å²) < 4.78 is 23.6. The maximum absolute atomic E-state index is 11.3. The first-order valence-electron chi connectivity index (χ1n) is 5.21. The molecule has 1 saturated carbocycles. The Morgan fingerprint density at radius 1 is 1.27 bits per heavy atom. The molecule has 0 aliphatic heterocycles. The molecular weight excluding hydrogens is 216 g/mol. The second-order valence-corrected chi connectivity index (χ2v) is 5.83. The van der Waals surface area contributed by atoms with Crippen molar-refractivity contribution in [3.8, 4) is 0 Å². The fraction of sp³-hybridized carbons (Fsp3) is 0.889. The molecule has 2 N–H and O–H groups in total. The number of sulfonamides is 1. The summed E-state index contributed by atoms with van der Waals surface area (Å²) in [6.45, 7) is -0.157. The molecule has 0 aromatic heterocycles. The number of hydrogen-bond acceptors (Lipinski definition) is 3. The average Bonchev–Trinajstić information content (AvgIpc) is 2.15. The van der Waals surface area contributed by atoms with Crippen LogP contribution in [0.1, 0.15) is 32.1 Å². The van der Waals surface area contributed by atoms with Gasteiger partial charge in [-0.15, -0.1) is 0 Å². The molecule has 1 aliphatic carbocycles. The predicted molar refractivity (Wildman–Crippen MR) is 57.9 cm³/mol. The molecule has 1 amide bonds. The van der Waals surface area contributed by atoms with Crippen LogP contribution in [0.3, 0.4) is 0 Å². The zero-order chi connectivity index (χ0) is 11.3. The van der Waals surface area contributed by atoms with Crippen molar-refractivity contribution in [3.63, 3.8) is 0 Å². The first-order valence-corrected chi connectivity index (χ1v) is 7.10. The molecule has 0 bridgehead atoms. The third kappa shape index (κ3) is 5.74. The van der Waals surface area contributed by atoms with Crippen LogP contribution < -0.4 is 10.0 Å². The van der Waals surface area contributed by atoms with Gasteiger partial charge in [0.2, 0.25) is 15.9 Å². The lowest BCUT2D eigenvalue weighted by Gasteiger charge is -2.22. The summed E-state index contributed by atoms with van der Waals surface area (Å²) in [7, 11) is -3.27. The quantitative estimate of drug-likeness (QED) is 0.718. The second kappa shape index (κ2) is 5.46. The smallest absolute Gasteiger partial charge is 0.235 e. The van der Waals surface area contributed by atoms with Crippen LogP contribution in [0.25, 0.3) is 0 Å². The maximum Gasteiger partial charge on any atom is 0.235 e. The molecular formula is C9H18N2O3S. The Bertz CT molecular complexity index is 307. The van der Waals surface area contributed by atoms with Gasteiger partial charge in [-0.3, -0.25) is 4.79 Å². The molecule has 1 rings (SSSR count). The number of nitrogens with one attached hydrogen (secondary N) is 2. The summed E-state index contributed by atoms with van der Waals surface area (Å²) in [5.41, 5.74) is 0. The van der Waals surface area contributed by atoms with Gasteiger partial charge in [0, 0.05) is 6.04 Å². The molecule has 88 valence electrons. The van der Waals surface area contributed by atoms with Crippen molar-refractivity contribution in [2.75, 3.05) is 12.8 Å². The number of rotatable bonds is 4. The summed E-state index contributed by atoms with van der Waals surface area (Å²) in [5, 5.41) is 2.83. The molecule has 0 unspecified atom stereocenters. The third-order valence-electron chi connectivity index (χ3n) is 2.47. The van der Waals surface area contributed by atoms with Crippen LogP contribution in [0, 0.1) is 0 Å². The van der Waals surface area contributed by atoms with Gasteiger partial charge in [-0.05, 0) is 12.8 Å². The molecule has 6 heteroatoms. The topological polar surface area (TPSA) is 75.3 Å². The summed E-state index contributed by atoms with van der Waals surface area (Å²) in [4.78, 5) is 11.3. The molecule has 0 aromatic rings. The molecule has 0 aromatic carbocycles. The minimum atomic E-state index is -3.27. The molecule has 0 atom stereocenters. The minimum Gasteiger partial charge on any atom is -0.352 e. The van der Waals surface area contributed by atoms with Crippen molar-refractivity contribution in [3.05, 3.63) is 0 Å². The van der Waals surface area contributed by atoms with E-state index in [1.807, 2.05) is 0 Å². The van der Waals surface area contributed by atoms with Crippen LogP contribution in [-0.2, 0) is 14.8 Å². The first-order chi connectivity index (χ1) is 6.97. The highest BCUT2D eigenvalue weighted by atomic mass is 32.2. The Balaban J connectivity index is 2.23. The summed E-state index contributed by atoms with van der Waals surface area (Å²) >= 11 is 0. The van der Waals surface area contributed by atoms with Crippen LogP contribution in [0.4, 0.5) is 0 Å². The van der Waals surface area contributed by atoms with E-state index in [1.54, 1.807) is 0 Å². The number of hydrogen-bond donors (Lipinski definition) is 2. The average molecular weight is 234 g/mol. The van der Waals surface area contributed by atoms with Crippen LogP contribution >= 0.6 is 0 Å². The lowest BCUT2D eigenvalue weighted by atomic mass is 9.95. The van der Waals surface area contributed by atoms with Gasteiger partial charge in [-0.1, -0.05) is 19.3 Å². The highest BCUT2D eigenvalue weighted by molar-refractivity contribution is 7.88. The van der Waals surface area contributed by atoms with Crippen molar-refractivity contribution in [2.24, 2.45) is 0 Å². The highest BCUT2D eigenvalue weighted by Gasteiger charge is 2.15. The number of carbonyl (C=O) groups is 1. The third-order valence-corrected chi connectivity index (χ3v) is 3.13. The minimum absolute atomic E-state index is 0.157. The second-order valence-electron chi connectivity index (χ2n) is 4.00. The van der Waals surface area contributed by atoms with Crippen LogP contribution in [-0.4, -0.2) is 33.2 Å². The lowest BCUT2D eigenvalue weighted by molar-refractivity contribution is -0.120. The maximum atomic E-state index is 11.3. The Kier molecular flexibility index (Phi) is 4.53. The van der Waals surface area contributed by atoms with E-state index in [0.29, 0.717) is 0 Å². The fourth-order valence-electron chi connectivity index (χ4n) is 1.72. The zero-order valence-electron chi connectivity index (χ0n) is 8.95. The van der Waals surface area contributed by atoms with Gasteiger partial charge >= 0.3 is 0 Å². The molecule has 1 fully saturated rings. The molecule has 5 nitrogen and oxygen atoms in total. The molecule has 0 radical (unpaired) electrons. The predicted octanol–water partition coefficient (Wildman–Crippen LogP) is -0.0155. The Hall–Kier alpha value is -0.620. The zero-order valence-corrected chi connectivity index (χ0v) is 9.77. The van der Waals surface area contributed by atoms with Crippen molar-refractivity contribution in [1.29, 1.82) is 0 Å². The van der Waals surface area contributed by atoms with E-state index in [4.69, 9.17) is 0 Å². The molecule has 1 aliphatic rings. The molecule has 0 saturated heterocycles. The SMILES string of the molecule is CS(=O)(=O)NCC(=O)NC1CCCCC1. The van der Waals surface area contributed by atoms with E-state index in [9.17, 15) is 13.2 Å². The van der Waals surface area contributed by atoms with E-state index in [2.05, 4.69) is 10.0 Å². The van der Waals surface area contributed by atoms with Gasteiger partial charge in [0.05, 0.1) is 12.8 Å². The van der Waals surface area contributed by atoms with Gasteiger partial charge < -0.3 is 5.32 Å². The Labute approximate surface area is 90.7 Å². The first kappa shape index (κ1) is 12.4. The van der Waals surface area contributed by atoms with E-state index in [-0.39, 0.29) is 18.5 Å². The van der Waals surface area contributed by atoms with Crippen molar-refractivity contribution >= 4 is 15.9 Å². The van der Waals surface area contributed by atoms with Crippen molar-refractivity contribution in [1.82, 2.24) is 10.0 Å². The number of amides is 1. The summed E-state index contributed by atoms with van der Waals surface area (Å²) in [6.07, 6.45) is 6.57. The highest BCUT2D eigenvalue weighted by Crippen LogP contribution is 2.16. The monoisotopic (exact) mass is 234 g/mol. The van der Waals surface area contributed by atoms with Crippen molar-refractivity contribution < 1.29 is 13.2 Å². The van der Waals surface area contributed by atoms with E-state index < -0.39 is 10.0 Å².